The van der Waals surface area contributed by atoms with E-state index in [1.54, 1.807) is 0 Å². The lowest BCUT2D eigenvalue weighted by Gasteiger charge is -2.21. The first kappa shape index (κ1) is 12.0. The van der Waals surface area contributed by atoms with Gasteiger partial charge in [0.25, 0.3) is 0 Å². The summed E-state index contributed by atoms with van der Waals surface area (Å²) in [6.45, 7) is 0. The summed E-state index contributed by atoms with van der Waals surface area (Å²) in [5, 5.41) is 43.2. The molecule has 7 heteroatoms. The van der Waals surface area contributed by atoms with Crippen molar-refractivity contribution in [2.45, 2.75) is 24.4 Å². The molecule has 0 saturated carbocycles. The largest absolute Gasteiger partial charge is 0.479 e. The molecule has 0 radical (unpaired) electrons. The van der Waals surface area contributed by atoms with Gasteiger partial charge in [0.05, 0.1) is 0 Å². The summed E-state index contributed by atoms with van der Waals surface area (Å²) in [7, 11) is 0. The van der Waals surface area contributed by atoms with E-state index in [1.165, 1.54) is 0 Å². The predicted octanol–water partition coefficient (Wildman–Crippen LogP) is -3.29. The summed E-state index contributed by atoms with van der Waals surface area (Å²) >= 11 is 0. The van der Waals surface area contributed by atoms with Gasteiger partial charge in [-0.15, -0.1) is 0 Å². The van der Waals surface area contributed by atoms with E-state index in [1.807, 2.05) is 0 Å². The quantitative estimate of drug-likeness (QED) is 0.291. The van der Waals surface area contributed by atoms with E-state index in [0.717, 1.165) is 0 Å². The Balaban J connectivity index is 4.32. The molecule has 0 amide bonds. The van der Waals surface area contributed by atoms with Crippen molar-refractivity contribution in [2.75, 3.05) is 0 Å². The van der Waals surface area contributed by atoms with Gasteiger partial charge in [-0.05, 0) is 0 Å². The Morgan fingerprint density at radius 1 is 1.08 bits per heavy atom. The van der Waals surface area contributed by atoms with Crippen molar-refractivity contribution in [3.63, 3.8) is 0 Å². The first-order chi connectivity index (χ1) is 5.91. The lowest BCUT2D eigenvalue weighted by molar-refractivity contribution is -0.163. The van der Waals surface area contributed by atoms with E-state index >= 15 is 0 Å². The van der Waals surface area contributed by atoms with Crippen molar-refractivity contribution in [3.8, 4) is 0 Å². The van der Waals surface area contributed by atoms with Crippen LogP contribution in [0.3, 0.4) is 0 Å². The standard InChI is InChI=1S/C6H10O7/c7-1-2(8)3(9)4(10)5(11)6(12)13/h1-5,8-11H,(H,12,13)/t2-,3+,4+,5-/m0/s1/i6+2. The number of hydrogen-bond donors (Lipinski definition) is 5. The zero-order valence-corrected chi connectivity index (χ0v) is 6.44. The molecule has 0 fully saturated rings. The van der Waals surface area contributed by atoms with Crippen LogP contribution in [0.25, 0.3) is 0 Å². The third-order valence-corrected chi connectivity index (χ3v) is 1.42. The van der Waals surface area contributed by atoms with Gasteiger partial charge in [-0.3, -0.25) is 0 Å². The number of aliphatic hydroxyl groups excluding tert-OH is 4. The molecule has 4 atom stereocenters. The highest BCUT2D eigenvalue weighted by atomic mass is 16.7. The minimum atomic E-state index is -2.25. The summed E-state index contributed by atoms with van der Waals surface area (Å²) in [6.07, 6.45) is -8.39. The molecule has 0 heterocycles. The van der Waals surface area contributed by atoms with Gasteiger partial charge in [-0.2, -0.15) is 0 Å². The number of rotatable bonds is 5. The highest BCUT2D eigenvalue weighted by Crippen LogP contribution is 2.03. The first-order valence-corrected chi connectivity index (χ1v) is 3.32. The fourth-order valence-corrected chi connectivity index (χ4v) is 0.615. The van der Waals surface area contributed by atoms with Gasteiger partial charge in [-0.25, -0.2) is 4.79 Å². The van der Waals surface area contributed by atoms with Gasteiger partial charge in [0, 0.05) is 0 Å². The molecule has 0 spiro atoms. The van der Waals surface area contributed by atoms with E-state index in [2.05, 4.69) is 0 Å². The molecule has 0 aliphatic heterocycles. The van der Waals surface area contributed by atoms with Crippen molar-refractivity contribution in [1.82, 2.24) is 0 Å². The molecular weight excluding hydrogens is 186 g/mol. The van der Waals surface area contributed by atoms with E-state index < -0.39 is 30.4 Å². The third kappa shape index (κ3) is 3.07. The van der Waals surface area contributed by atoms with Gasteiger partial charge in [-0.1, -0.05) is 0 Å². The van der Waals surface area contributed by atoms with Crippen LogP contribution in [0, 0.1) is 0 Å². The highest BCUT2D eigenvalue weighted by Gasteiger charge is 2.33. The number of carbonyl (C=O) groups excluding carboxylic acids is 1. The Bertz CT molecular complexity index is 191. The summed E-state index contributed by atoms with van der Waals surface area (Å²) in [4.78, 5) is 20.0. The molecule has 0 aliphatic carbocycles. The zero-order chi connectivity index (χ0) is 10.6. The third-order valence-electron chi connectivity index (χ3n) is 1.42. The molecule has 76 valence electrons. The van der Waals surface area contributed by atoms with Crippen LogP contribution in [0.15, 0.2) is 0 Å². The molecule has 0 saturated heterocycles. The number of aldehydes is 1. The number of aliphatic carboxylic acids is 1. The molecule has 0 bridgehead atoms. The van der Waals surface area contributed by atoms with Crippen LogP contribution in [0.4, 0.5) is 0 Å². The van der Waals surface area contributed by atoms with Gasteiger partial charge in [0.2, 0.25) is 0 Å². The number of carboxylic acid groups (broad SMARTS) is 1. The van der Waals surface area contributed by atoms with Crippen molar-refractivity contribution >= 4 is 12.3 Å². The minimum Gasteiger partial charge on any atom is -0.479 e. The second-order valence-electron chi connectivity index (χ2n) is 2.39. The van der Waals surface area contributed by atoms with Crippen LogP contribution in [0.2, 0.25) is 0 Å². The molecule has 13 heavy (non-hydrogen) atoms. The average Bonchev–Trinajstić information content (AvgIpc) is 2.12. The van der Waals surface area contributed by atoms with Crippen molar-refractivity contribution < 1.29 is 35.1 Å². The molecule has 0 aliphatic rings. The summed E-state index contributed by atoms with van der Waals surface area (Å²) < 4.78 is 0. The van der Waals surface area contributed by atoms with Crippen molar-refractivity contribution in [1.29, 1.82) is 0 Å². The maximum atomic E-state index is 10.1. The number of aliphatic hydroxyl groups is 4. The van der Waals surface area contributed by atoms with E-state index in [9.17, 15) is 9.59 Å². The maximum Gasteiger partial charge on any atom is 0.335 e. The topological polar surface area (TPSA) is 135 Å². The maximum absolute atomic E-state index is 10.1. The molecule has 7 nitrogen and oxygen atoms in total. The smallest absolute Gasteiger partial charge is 0.335 e. The van der Waals surface area contributed by atoms with Crippen molar-refractivity contribution in [2.24, 2.45) is 0 Å². The van der Waals surface area contributed by atoms with Crippen molar-refractivity contribution in [3.05, 3.63) is 0 Å². The Kier molecular flexibility index (Phi) is 4.49. The summed E-state index contributed by atoms with van der Waals surface area (Å²) in [6, 6.07) is 0. The molecule has 0 aromatic heterocycles. The van der Waals surface area contributed by atoms with Crippen LogP contribution in [0.5, 0.6) is 0 Å². The van der Waals surface area contributed by atoms with E-state index in [4.69, 9.17) is 25.5 Å². The van der Waals surface area contributed by atoms with Crippen LogP contribution in [-0.2, 0) is 9.59 Å². The van der Waals surface area contributed by atoms with Crippen LogP contribution in [0.1, 0.15) is 0 Å². The van der Waals surface area contributed by atoms with Crippen LogP contribution >= 0.6 is 0 Å². The second-order valence-corrected chi connectivity index (χ2v) is 2.39. The Morgan fingerprint density at radius 3 is 1.85 bits per heavy atom. The number of carbonyl (C=O) groups is 2. The lowest BCUT2D eigenvalue weighted by Crippen LogP contribution is -2.48. The van der Waals surface area contributed by atoms with Crippen LogP contribution < -0.4 is 0 Å². The van der Waals surface area contributed by atoms with Gasteiger partial charge < -0.3 is 30.3 Å². The summed E-state index contributed by atoms with van der Waals surface area (Å²) in [5.74, 6) is -1.76. The molecule has 0 aromatic carbocycles. The van der Waals surface area contributed by atoms with Gasteiger partial charge in [0.1, 0.15) is 18.3 Å². The average molecular weight is 196 g/mol. The fourth-order valence-electron chi connectivity index (χ4n) is 0.615. The lowest BCUT2D eigenvalue weighted by atomic mass is 10.1. The Morgan fingerprint density at radius 2 is 1.54 bits per heavy atom. The minimum absolute atomic E-state index is 0.0809. The monoisotopic (exact) mass is 196 g/mol. The molecular formula is C6H10O7. The number of hydrogen-bond acceptors (Lipinski definition) is 6. The zero-order valence-electron chi connectivity index (χ0n) is 6.44. The first-order valence-electron chi connectivity index (χ1n) is 3.32. The van der Waals surface area contributed by atoms with Crippen LogP contribution in [-0.4, -0.2) is 62.2 Å². The Hall–Kier alpha value is -1.02. The molecule has 5 N–H and O–H groups in total. The molecule has 0 rings (SSSR count). The second kappa shape index (κ2) is 4.87. The SMILES string of the molecule is O=C[C@H](O)[C@@H](O)[C@@H](O)[C@H](O)[14C](=O)O. The van der Waals surface area contributed by atoms with E-state index in [0.29, 0.717) is 0 Å². The fraction of sp³-hybridized carbons (Fsp3) is 0.667. The van der Waals surface area contributed by atoms with Gasteiger partial charge >= 0.3 is 5.97 Å². The normalized spacial score (nSPS) is 20.0. The predicted molar refractivity (Wildman–Crippen MR) is 37.7 cm³/mol. The molecule has 0 unspecified atom stereocenters. The van der Waals surface area contributed by atoms with E-state index in [-0.39, 0.29) is 6.29 Å². The van der Waals surface area contributed by atoms with Gasteiger partial charge in [0.15, 0.2) is 12.4 Å². The highest BCUT2D eigenvalue weighted by molar-refractivity contribution is 5.73. The summed E-state index contributed by atoms with van der Waals surface area (Å²) in [5.41, 5.74) is 0. The molecule has 0 aromatic rings. The number of carboxylic acids is 1. The Labute approximate surface area is 72.9 Å².